The molecule has 0 aliphatic heterocycles. The lowest BCUT2D eigenvalue weighted by Crippen LogP contribution is -2.48. The number of hydrogen-bond acceptors (Lipinski definition) is 2. The van der Waals surface area contributed by atoms with Crippen LogP contribution < -0.4 is 5.32 Å². The van der Waals surface area contributed by atoms with E-state index in [1.54, 1.807) is 24.0 Å². The second kappa shape index (κ2) is 10.9. The third-order valence-corrected chi connectivity index (χ3v) is 4.95. The molecule has 2 aromatic carbocycles. The number of carbonyl (C=O) groups excluding carboxylic acids is 2. The Kier molecular flexibility index (Phi) is 8.52. The Balaban J connectivity index is 2.17. The van der Waals surface area contributed by atoms with Gasteiger partial charge in [-0.3, -0.25) is 9.59 Å². The van der Waals surface area contributed by atoms with E-state index >= 15 is 0 Å². The number of carbonyl (C=O) groups is 2. The molecule has 1 unspecified atom stereocenters. The zero-order valence-electron chi connectivity index (χ0n) is 16.9. The van der Waals surface area contributed by atoms with E-state index in [0.29, 0.717) is 18.1 Å². The maximum absolute atomic E-state index is 13.1. The van der Waals surface area contributed by atoms with Gasteiger partial charge < -0.3 is 10.2 Å². The molecular formula is C23H29ClN2O2. The van der Waals surface area contributed by atoms with Crippen LogP contribution in [0.15, 0.2) is 48.5 Å². The molecule has 2 rings (SSSR count). The minimum atomic E-state index is -0.551. The molecule has 1 N–H and O–H groups in total. The first-order chi connectivity index (χ1) is 13.4. The lowest BCUT2D eigenvalue weighted by atomic mass is 10.1. The molecule has 0 bridgehead atoms. The molecule has 150 valence electrons. The number of aryl methyl sites for hydroxylation is 1. The van der Waals surface area contributed by atoms with Crippen LogP contribution in [0.2, 0.25) is 5.02 Å². The molecule has 2 amide bonds. The van der Waals surface area contributed by atoms with Crippen molar-refractivity contribution in [3.8, 4) is 0 Å². The van der Waals surface area contributed by atoms with Crippen molar-refractivity contribution in [2.24, 2.45) is 0 Å². The van der Waals surface area contributed by atoms with Crippen LogP contribution in [0.25, 0.3) is 0 Å². The second-order valence-corrected chi connectivity index (χ2v) is 7.57. The summed E-state index contributed by atoms with van der Waals surface area (Å²) in [6, 6.07) is 14.7. The smallest absolute Gasteiger partial charge is 0.242 e. The molecule has 5 heteroatoms. The van der Waals surface area contributed by atoms with Crippen LogP contribution in [0.3, 0.4) is 0 Å². The molecule has 0 fully saturated rings. The molecule has 4 nitrogen and oxygen atoms in total. The Morgan fingerprint density at radius 1 is 1.11 bits per heavy atom. The minimum Gasteiger partial charge on any atom is -0.354 e. The number of unbranched alkanes of at least 4 members (excludes halogenated alkanes) is 1. The topological polar surface area (TPSA) is 49.4 Å². The van der Waals surface area contributed by atoms with Gasteiger partial charge in [0.2, 0.25) is 11.8 Å². The zero-order chi connectivity index (χ0) is 20.5. The highest BCUT2D eigenvalue weighted by molar-refractivity contribution is 6.30. The summed E-state index contributed by atoms with van der Waals surface area (Å²) in [7, 11) is 0. The van der Waals surface area contributed by atoms with Gasteiger partial charge in [0, 0.05) is 18.1 Å². The average Bonchev–Trinajstić information content (AvgIpc) is 2.67. The number of amides is 2. The summed E-state index contributed by atoms with van der Waals surface area (Å²) in [5, 5.41) is 3.53. The van der Waals surface area contributed by atoms with Gasteiger partial charge in [0.25, 0.3) is 0 Å². The Morgan fingerprint density at radius 3 is 2.46 bits per heavy atom. The van der Waals surface area contributed by atoms with Crippen LogP contribution in [0.5, 0.6) is 0 Å². The van der Waals surface area contributed by atoms with Gasteiger partial charge in [-0.2, -0.15) is 0 Å². The Bertz CT molecular complexity index is 789. The average molecular weight is 401 g/mol. The molecule has 0 aliphatic carbocycles. The highest BCUT2D eigenvalue weighted by atomic mass is 35.5. The molecule has 0 heterocycles. The fourth-order valence-electron chi connectivity index (χ4n) is 2.93. The Morgan fingerprint density at radius 2 is 1.82 bits per heavy atom. The van der Waals surface area contributed by atoms with Gasteiger partial charge in [0.1, 0.15) is 6.04 Å². The third kappa shape index (κ3) is 6.68. The number of halogens is 1. The molecule has 0 aromatic heterocycles. The van der Waals surface area contributed by atoms with Crippen LogP contribution in [0, 0.1) is 6.92 Å². The van der Waals surface area contributed by atoms with Gasteiger partial charge in [0.15, 0.2) is 0 Å². The lowest BCUT2D eigenvalue weighted by Gasteiger charge is -2.29. The van der Waals surface area contributed by atoms with Crippen molar-refractivity contribution < 1.29 is 9.59 Å². The molecule has 28 heavy (non-hydrogen) atoms. The van der Waals surface area contributed by atoms with E-state index in [4.69, 9.17) is 11.6 Å². The predicted molar refractivity (Wildman–Crippen MR) is 114 cm³/mol. The van der Waals surface area contributed by atoms with Crippen molar-refractivity contribution >= 4 is 23.4 Å². The Hall–Kier alpha value is -2.33. The van der Waals surface area contributed by atoms with Crippen molar-refractivity contribution in [2.75, 3.05) is 6.54 Å². The molecule has 0 radical (unpaired) electrons. The molecule has 0 spiro atoms. The van der Waals surface area contributed by atoms with E-state index in [2.05, 4.69) is 12.2 Å². The SMILES string of the molecule is CCCCNC(=O)C(C)N(Cc1ccc(C)cc1)C(=O)Cc1cccc(Cl)c1. The molecule has 0 aliphatic rings. The minimum absolute atomic E-state index is 0.0963. The summed E-state index contributed by atoms with van der Waals surface area (Å²) in [5.74, 6) is -0.221. The van der Waals surface area contributed by atoms with Crippen LogP contribution in [-0.2, 0) is 22.6 Å². The van der Waals surface area contributed by atoms with Crippen molar-refractivity contribution in [1.82, 2.24) is 10.2 Å². The fraction of sp³-hybridized carbons (Fsp3) is 0.391. The van der Waals surface area contributed by atoms with Crippen LogP contribution in [0.1, 0.15) is 43.4 Å². The molecule has 0 saturated carbocycles. The summed E-state index contributed by atoms with van der Waals surface area (Å²) in [5.41, 5.74) is 2.99. The van der Waals surface area contributed by atoms with Gasteiger partial charge >= 0.3 is 0 Å². The number of nitrogens with one attached hydrogen (secondary N) is 1. The van der Waals surface area contributed by atoms with Crippen molar-refractivity contribution in [3.63, 3.8) is 0 Å². The molecule has 1 atom stereocenters. The number of hydrogen-bond donors (Lipinski definition) is 1. The number of nitrogens with zero attached hydrogens (tertiary/aromatic N) is 1. The Labute approximate surface area is 172 Å². The first-order valence-corrected chi connectivity index (χ1v) is 10.2. The van der Waals surface area contributed by atoms with Gasteiger partial charge in [-0.05, 0) is 43.5 Å². The third-order valence-electron chi connectivity index (χ3n) is 4.71. The first-order valence-electron chi connectivity index (χ1n) is 9.78. The normalized spacial score (nSPS) is 11.7. The fourth-order valence-corrected chi connectivity index (χ4v) is 3.14. The highest BCUT2D eigenvalue weighted by Crippen LogP contribution is 2.15. The standard InChI is InChI=1S/C23H29ClN2O2/c1-4-5-13-25-23(28)18(3)26(16-19-11-9-17(2)10-12-19)22(27)15-20-7-6-8-21(24)14-20/h6-12,14,18H,4-5,13,15-16H2,1-3H3,(H,25,28). The quantitative estimate of drug-likeness (QED) is 0.629. The van der Waals surface area contributed by atoms with E-state index in [-0.39, 0.29) is 18.2 Å². The van der Waals surface area contributed by atoms with E-state index in [0.717, 1.165) is 29.5 Å². The van der Waals surface area contributed by atoms with E-state index in [1.807, 2.05) is 43.3 Å². The summed E-state index contributed by atoms with van der Waals surface area (Å²) in [6.07, 6.45) is 2.14. The van der Waals surface area contributed by atoms with Crippen LogP contribution >= 0.6 is 11.6 Å². The largest absolute Gasteiger partial charge is 0.354 e. The van der Waals surface area contributed by atoms with Crippen molar-refractivity contribution in [3.05, 3.63) is 70.2 Å². The monoisotopic (exact) mass is 400 g/mol. The van der Waals surface area contributed by atoms with Gasteiger partial charge in [-0.15, -0.1) is 0 Å². The van der Waals surface area contributed by atoms with E-state index in [9.17, 15) is 9.59 Å². The van der Waals surface area contributed by atoms with E-state index in [1.165, 1.54) is 0 Å². The summed E-state index contributed by atoms with van der Waals surface area (Å²) >= 11 is 6.05. The predicted octanol–water partition coefficient (Wildman–Crippen LogP) is 4.52. The van der Waals surface area contributed by atoms with Crippen LogP contribution in [0.4, 0.5) is 0 Å². The first kappa shape index (κ1) is 22.0. The summed E-state index contributed by atoms with van der Waals surface area (Å²) in [6.45, 7) is 6.90. The molecular weight excluding hydrogens is 372 g/mol. The molecule has 2 aromatic rings. The maximum atomic E-state index is 13.1. The molecule has 0 saturated heterocycles. The number of rotatable bonds is 9. The summed E-state index contributed by atoms with van der Waals surface area (Å²) in [4.78, 5) is 27.3. The second-order valence-electron chi connectivity index (χ2n) is 7.13. The van der Waals surface area contributed by atoms with E-state index < -0.39 is 6.04 Å². The van der Waals surface area contributed by atoms with Crippen LogP contribution in [-0.4, -0.2) is 29.3 Å². The maximum Gasteiger partial charge on any atom is 0.242 e. The lowest BCUT2D eigenvalue weighted by molar-refractivity contribution is -0.140. The zero-order valence-corrected chi connectivity index (χ0v) is 17.6. The van der Waals surface area contributed by atoms with Crippen molar-refractivity contribution in [1.29, 1.82) is 0 Å². The van der Waals surface area contributed by atoms with Gasteiger partial charge in [-0.25, -0.2) is 0 Å². The highest BCUT2D eigenvalue weighted by Gasteiger charge is 2.26. The van der Waals surface area contributed by atoms with Gasteiger partial charge in [0.05, 0.1) is 6.42 Å². The summed E-state index contributed by atoms with van der Waals surface area (Å²) < 4.78 is 0. The van der Waals surface area contributed by atoms with Crippen molar-refractivity contribution in [2.45, 2.75) is 52.6 Å². The number of benzene rings is 2. The van der Waals surface area contributed by atoms with Gasteiger partial charge in [-0.1, -0.05) is 66.9 Å².